The molecule has 1 fully saturated rings. The summed E-state index contributed by atoms with van der Waals surface area (Å²) in [5.41, 5.74) is 5.58. The number of hydrogen-bond donors (Lipinski definition) is 1. The molecule has 114 valence electrons. The van der Waals surface area contributed by atoms with Gasteiger partial charge in [-0.05, 0) is 31.0 Å². The van der Waals surface area contributed by atoms with Crippen LogP contribution in [0.3, 0.4) is 0 Å². The minimum Gasteiger partial charge on any atom is -0.439 e. The summed E-state index contributed by atoms with van der Waals surface area (Å²) < 4.78 is 43.8. The third kappa shape index (κ3) is 2.77. The lowest BCUT2D eigenvalue weighted by Gasteiger charge is -2.23. The Morgan fingerprint density at radius 2 is 1.76 bits per heavy atom. The highest BCUT2D eigenvalue weighted by Gasteiger charge is 2.35. The van der Waals surface area contributed by atoms with Crippen LogP contribution in [0.5, 0.6) is 0 Å². The fourth-order valence-electron chi connectivity index (χ4n) is 2.89. The molecule has 6 heteroatoms. The Bertz CT molecular complexity index is 640. The predicted octanol–water partition coefficient (Wildman–Crippen LogP) is 4.35. The Morgan fingerprint density at radius 1 is 1.10 bits per heavy atom. The molecular formula is C15H17F3N2O. The van der Waals surface area contributed by atoms with E-state index in [1.54, 1.807) is 0 Å². The van der Waals surface area contributed by atoms with Gasteiger partial charge >= 0.3 is 6.18 Å². The number of oxazole rings is 1. The molecule has 0 spiro atoms. The smallest absolute Gasteiger partial charge is 0.416 e. The maximum absolute atomic E-state index is 12.7. The molecule has 1 aliphatic rings. The summed E-state index contributed by atoms with van der Waals surface area (Å²) in [6.07, 6.45) is 1.36. The molecular weight excluding hydrogens is 281 g/mol. The van der Waals surface area contributed by atoms with Crippen molar-refractivity contribution < 1.29 is 17.6 Å². The van der Waals surface area contributed by atoms with Crippen LogP contribution in [0.4, 0.5) is 13.2 Å². The van der Waals surface area contributed by atoms with Crippen LogP contribution in [0.2, 0.25) is 0 Å². The summed E-state index contributed by atoms with van der Waals surface area (Å²) in [4.78, 5) is 4.23. The van der Waals surface area contributed by atoms with Gasteiger partial charge in [-0.1, -0.05) is 25.7 Å². The van der Waals surface area contributed by atoms with Crippen molar-refractivity contribution in [2.24, 2.45) is 5.73 Å². The van der Waals surface area contributed by atoms with Crippen molar-refractivity contribution in [3.05, 3.63) is 29.7 Å². The number of hydrogen-bond acceptors (Lipinski definition) is 3. The van der Waals surface area contributed by atoms with Crippen molar-refractivity contribution in [3.63, 3.8) is 0 Å². The molecule has 3 rings (SSSR count). The lowest BCUT2D eigenvalue weighted by atomic mass is 9.91. The zero-order valence-electron chi connectivity index (χ0n) is 11.5. The van der Waals surface area contributed by atoms with Crippen molar-refractivity contribution in [1.29, 1.82) is 0 Å². The predicted molar refractivity (Wildman–Crippen MR) is 72.6 cm³/mol. The van der Waals surface area contributed by atoms with Crippen LogP contribution in [-0.2, 0) is 11.7 Å². The van der Waals surface area contributed by atoms with Gasteiger partial charge in [0.1, 0.15) is 5.52 Å². The van der Waals surface area contributed by atoms with Crippen LogP contribution in [0.1, 0.15) is 50.0 Å². The summed E-state index contributed by atoms with van der Waals surface area (Å²) in [6, 6.07) is 3.34. The zero-order valence-corrected chi connectivity index (χ0v) is 11.5. The van der Waals surface area contributed by atoms with Crippen molar-refractivity contribution >= 4 is 11.1 Å². The largest absolute Gasteiger partial charge is 0.439 e. The highest BCUT2D eigenvalue weighted by molar-refractivity contribution is 5.73. The molecule has 3 nitrogen and oxygen atoms in total. The van der Waals surface area contributed by atoms with E-state index in [0.29, 0.717) is 11.5 Å². The number of fused-ring (bicyclic) bond motifs is 1. The Kier molecular flexibility index (Phi) is 3.43. The van der Waals surface area contributed by atoms with Gasteiger partial charge in [0.2, 0.25) is 5.89 Å². The molecule has 0 atom stereocenters. The van der Waals surface area contributed by atoms with Crippen LogP contribution in [0.25, 0.3) is 11.1 Å². The summed E-state index contributed by atoms with van der Waals surface area (Å²) in [6.45, 7) is 0. The fraction of sp³-hybridized carbons (Fsp3) is 0.533. The van der Waals surface area contributed by atoms with E-state index in [9.17, 15) is 13.2 Å². The van der Waals surface area contributed by atoms with Crippen molar-refractivity contribution in [2.45, 2.75) is 50.2 Å². The van der Waals surface area contributed by atoms with Crippen molar-refractivity contribution in [1.82, 2.24) is 4.98 Å². The third-order valence-corrected chi connectivity index (χ3v) is 4.14. The quantitative estimate of drug-likeness (QED) is 0.796. The molecule has 1 aliphatic carbocycles. The van der Waals surface area contributed by atoms with Gasteiger partial charge in [-0.3, -0.25) is 0 Å². The first kappa shape index (κ1) is 14.4. The van der Waals surface area contributed by atoms with Gasteiger partial charge in [0.05, 0.1) is 11.1 Å². The topological polar surface area (TPSA) is 52.0 Å². The molecule has 0 bridgehead atoms. The Balaban J connectivity index is 2.00. The highest BCUT2D eigenvalue weighted by Crippen LogP contribution is 2.36. The van der Waals surface area contributed by atoms with Gasteiger partial charge in [0, 0.05) is 0 Å². The fourth-order valence-corrected chi connectivity index (χ4v) is 2.89. The average Bonchev–Trinajstić information content (AvgIpc) is 2.73. The molecule has 1 aromatic carbocycles. The molecule has 1 saturated carbocycles. The van der Waals surface area contributed by atoms with E-state index < -0.39 is 17.3 Å². The van der Waals surface area contributed by atoms with Crippen LogP contribution >= 0.6 is 0 Å². The second kappa shape index (κ2) is 5.02. The summed E-state index contributed by atoms with van der Waals surface area (Å²) in [5, 5.41) is 0. The summed E-state index contributed by atoms with van der Waals surface area (Å²) in [5.74, 6) is 0.360. The SMILES string of the molecule is NC1(c2nc3cc(C(F)(F)F)ccc3o2)CCCCCC1. The van der Waals surface area contributed by atoms with Crippen LogP contribution < -0.4 is 5.73 Å². The van der Waals surface area contributed by atoms with E-state index in [-0.39, 0.29) is 5.52 Å². The molecule has 0 radical (unpaired) electrons. The minimum absolute atomic E-state index is 0.217. The molecule has 0 unspecified atom stereocenters. The van der Waals surface area contributed by atoms with E-state index in [1.807, 2.05) is 0 Å². The monoisotopic (exact) mass is 298 g/mol. The first-order valence-electron chi connectivity index (χ1n) is 7.16. The number of rotatable bonds is 1. The first-order valence-corrected chi connectivity index (χ1v) is 7.16. The third-order valence-electron chi connectivity index (χ3n) is 4.14. The van der Waals surface area contributed by atoms with E-state index in [4.69, 9.17) is 10.2 Å². The maximum Gasteiger partial charge on any atom is 0.416 e. The van der Waals surface area contributed by atoms with E-state index >= 15 is 0 Å². The number of aromatic nitrogens is 1. The molecule has 1 heterocycles. The van der Waals surface area contributed by atoms with E-state index in [1.165, 1.54) is 6.07 Å². The van der Waals surface area contributed by atoms with E-state index in [0.717, 1.165) is 50.7 Å². The van der Waals surface area contributed by atoms with Gasteiger partial charge in [-0.15, -0.1) is 0 Å². The molecule has 0 saturated heterocycles. The molecule has 0 amide bonds. The van der Waals surface area contributed by atoms with Gasteiger partial charge in [0.15, 0.2) is 5.58 Å². The van der Waals surface area contributed by atoms with Gasteiger partial charge in [-0.2, -0.15) is 13.2 Å². The number of alkyl halides is 3. The molecule has 0 aliphatic heterocycles. The van der Waals surface area contributed by atoms with Gasteiger partial charge in [0.25, 0.3) is 0 Å². The maximum atomic E-state index is 12.7. The number of halogens is 3. The number of benzene rings is 1. The summed E-state index contributed by atoms with van der Waals surface area (Å²) >= 11 is 0. The van der Waals surface area contributed by atoms with Gasteiger partial charge in [-0.25, -0.2) is 4.98 Å². The lowest BCUT2D eigenvalue weighted by molar-refractivity contribution is -0.137. The number of nitrogens with zero attached hydrogens (tertiary/aromatic N) is 1. The van der Waals surface area contributed by atoms with Crippen LogP contribution in [0, 0.1) is 0 Å². The van der Waals surface area contributed by atoms with E-state index in [2.05, 4.69) is 4.98 Å². The minimum atomic E-state index is -4.38. The Morgan fingerprint density at radius 3 is 2.38 bits per heavy atom. The normalized spacial score (nSPS) is 19.6. The zero-order chi connectivity index (χ0) is 15.1. The Hall–Kier alpha value is -1.56. The van der Waals surface area contributed by atoms with Crippen LogP contribution in [0.15, 0.2) is 22.6 Å². The first-order chi connectivity index (χ1) is 9.88. The second-order valence-electron chi connectivity index (χ2n) is 5.77. The second-order valence-corrected chi connectivity index (χ2v) is 5.77. The van der Waals surface area contributed by atoms with Gasteiger partial charge < -0.3 is 10.2 Å². The average molecular weight is 298 g/mol. The molecule has 2 N–H and O–H groups in total. The number of nitrogens with two attached hydrogens (primary N) is 1. The highest BCUT2D eigenvalue weighted by atomic mass is 19.4. The lowest BCUT2D eigenvalue weighted by Crippen LogP contribution is -2.36. The molecule has 2 aromatic rings. The molecule has 1 aromatic heterocycles. The standard InChI is InChI=1S/C15H17F3N2O/c16-15(17,18)10-5-6-12-11(9-10)20-13(21-12)14(19)7-3-1-2-4-8-14/h5-6,9H,1-4,7-8,19H2. The van der Waals surface area contributed by atoms with Crippen molar-refractivity contribution in [3.8, 4) is 0 Å². The van der Waals surface area contributed by atoms with Crippen LogP contribution in [-0.4, -0.2) is 4.98 Å². The molecule has 21 heavy (non-hydrogen) atoms. The Labute approximate surface area is 120 Å². The summed E-state index contributed by atoms with van der Waals surface area (Å²) in [7, 11) is 0. The van der Waals surface area contributed by atoms with Crippen molar-refractivity contribution in [2.75, 3.05) is 0 Å².